The minimum Gasteiger partial charge on any atom is -0.484 e. The first kappa shape index (κ1) is 18.0. The van der Waals surface area contributed by atoms with Crippen LogP contribution in [0.4, 0.5) is 0 Å². The average molecular weight is 383 g/mol. The van der Waals surface area contributed by atoms with Crippen LogP contribution in [0.1, 0.15) is 22.0 Å². The standard InChI is InChI=1S/C20H15ClN2O2S/c21-16-7-5-15(6-8-16)20(18-2-1-11-26-18)23-19(24)13-25-17-9-3-14(12-22)4-10-17/h1-11,20H,13H2,(H,23,24). The molecule has 1 amide bonds. The number of nitriles is 1. The molecule has 1 aromatic heterocycles. The lowest BCUT2D eigenvalue weighted by Gasteiger charge is -2.18. The highest BCUT2D eigenvalue weighted by atomic mass is 35.5. The first-order valence-electron chi connectivity index (χ1n) is 7.87. The fourth-order valence-corrected chi connectivity index (χ4v) is 3.34. The number of hydrogen-bond acceptors (Lipinski definition) is 4. The van der Waals surface area contributed by atoms with Crippen molar-refractivity contribution in [2.75, 3.05) is 6.61 Å². The number of carbonyl (C=O) groups is 1. The summed E-state index contributed by atoms with van der Waals surface area (Å²) >= 11 is 7.53. The summed E-state index contributed by atoms with van der Waals surface area (Å²) < 4.78 is 5.50. The molecule has 0 bridgehead atoms. The third-order valence-electron chi connectivity index (χ3n) is 3.69. The van der Waals surface area contributed by atoms with Crippen LogP contribution in [0.15, 0.2) is 66.0 Å². The molecule has 0 radical (unpaired) electrons. The second kappa shape index (κ2) is 8.52. The van der Waals surface area contributed by atoms with Crippen LogP contribution in [0.2, 0.25) is 5.02 Å². The highest BCUT2D eigenvalue weighted by Crippen LogP contribution is 2.27. The Hall–Kier alpha value is -2.81. The molecule has 0 saturated heterocycles. The number of benzene rings is 2. The van der Waals surface area contributed by atoms with Crippen molar-refractivity contribution in [1.29, 1.82) is 5.26 Å². The van der Waals surface area contributed by atoms with Gasteiger partial charge in [0.05, 0.1) is 17.7 Å². The number of ether oxygens (including phenoxy) is 1. The fraction of sp³-hybridized carbons (Fsp3) is 0.100. The zero-order valence-electron chi connectivity index (χ0n) is 13.7. The van der Waals surface area contributed by atoms with Gasteiger partial charge in [-0.05, 0) is 53.4 Å². The molecule has 4 nitrogen and oxygen atoms in total. The molecule has 1 heterocycles. The molecule has 1 atom stereocenters. The summed E-state index contributed by atoms with van der Waals surface area (Å²) in [4.78, 5) is 13.4. The summed E-state index contributed by atoms with van der Waals surface area (Å²) in [5.74, 6) is 0.307. The van der Waals surface area contributed by atoms with Gasteiger partial charge in [0, 0.05) is 9.90 Å². The summed E-state index contributed by atoms with van der Waals surface area (Å²) in [6.45, 7) is -0.110. The highest BCUT2D eigenvalue weighted by molar-refractivity contribution is 7.10. The zero-order valence-corrected chi connectivity index (χ0v) is 15.3. The van der Waals surface area contributed by atoms with E-state index in [1.807, 2.05) is 35.7 Å². The molecule has 6 heteroatoms. The Labute approximate surface area is 160 Å². The summed E-state index contributed by atoms with van der Waals surface area (Å²) in [6, 6.07) is 19.7. The molecular formula is C20H15ClN2O2S. The van der Waals surface area contributed by atoms with Crippen LogP contribution in [0.25, 0.3) is 0 Å². The van der Waals surface area contributed by atoms with Gasteiger partial charge in [-0.15, -0.1) is 11.3 Å². The van der Waals surface area contributed by atoms with Gasteiger partial charge in [0.15, 0.2) is 6.61 Å². The van der Waals surface area contributed by atoms with E-state index in [1.165, 1.54) is 0 Å². The maximum absolute atomic E-state index is 12.4. The Morgan fingerprint density at radius 3 is 2.50 bits per heavy atom. The van der Waals surface area contributed by atoms with Gasteiger partial charge in [-0.1, -0.05) is 29.8 Å². The van der Waals surface area contributed by atoms with Crippen molar-refractivity contribution in [3.05, 3.63) is 87.1 Å². The SMILES string of the molecule is N#Cc1ccc(OCC(=O)NC(c2ccc(Cl)cc2)c2cccs2)cc1. The second-order valence-corrected chi connectivity index (χ2v) is 6.91. The molecule has 0 spiro atoms. The Bertz CT molecular complexity index is 900. The Morgan fingerprint density at radius 1 is 1.15 bits per heavy atom. The smallest absolute Gasteiger partial charge is 0.258 e. The largest absolute Gasteiger partial charge is 0.484 e. The van der Waals surface area contributed by atoms with E-state index in [0.29, 0.717) is 16.3 Å². The van der Waals surface area contributed by atoms with E-state index >= 15 is 0 Å². The van der Waals surface area contributed by atoms with Crippen molar-refractivity contribution < 1.29 is 9.53 Å². The molecule has 3 aromatic rings. The van der Waals surface area contributed by atoms with Gasteiger partial charge in [-0.3, -0.25) is 4.79 Å². The van der Waals surface area contributed by atoms with Crippen LogP contribution in [0, 0.1) is 11.3 Å². The second-order valence-electron chi connectivity index (χ2n) is 5.49. The fourth-order valence-electron chi connectivity index (χ4n) is 2.41. The molecule has 2 aromatic carbocycles. The first-order chi connectivity index (χ1) is 12.7. The molecule has 0 aliphatic rings. The minimum atomic E-state index is -0.260. The Morgan fingerprint density at radius 2 is 1.88 bits per heavy atom. The number of carbonyl (C=O) groups excluding carboxylic acids is 1. The molecule has 1 unspecified atom stereocenters. The number of hydrogen-bond donors (Lipinski definition) is 1. The van der Waals surface area contributed by atoms with Crippen molar-refractivity contribution in [1.82, 2.24) is 5.32 Å². The van der Waals surface area contributed by atoms with Gasteiger partial charge in [-0.25, -0.2) is 0 Å². The van der Waals surface area contributed by atoms with E-state index in [9.17, 15) is 4.79 Å². The number of amides is 1. The molecule has 26 heavy (non-hydrogen) atoms. The third kappa shape index (κ3) is 4.63. The topological polar surface area (TPSA) is 62.1 Å². The lowest BCUT2D eigenvalue weighted by atomic mass is 10.1. The molecule has 0 aliphatic carbocycles. The predicted octanol–water partition coefficient (Wildman–Crippen LogP) is 4.56. The first-order valence-corrected chi connectivity index (χ1v) is 9.12. The summed E-state index contributed by atoms with van der Waals surface area (Å²) in [6.07, 6.45) is 0. The highest BCUT2D eigenvalue weighted by Gasteiger charge is 2.18. The van der Waals surface area contributed by atoms with Gasteiger partial charge in [0.1, 0.15) is 5.75 Å². The number of thiophene rings is 1. The van der Waals surface area contributed by atoms with E-state index < -0.39 is 0 Å². The lowest BCUT2D eigenvalue weighted by Crippen LogP contribution is -2.32. The van der Waals surface area contributed by atoms with Gasteiger partial charge in [0.2, 0.25) is 0 Å². The molecule has 0 fully saturated rings. The molecule has 3 rings (SSSR count). The van der Waals surface area contributed by atoms with Crippen molar-refractivity contribution in [2.24, 2.45) is 0 Å². The van der Waals surface area contributed by atoms with Gasteiger partial charge < -0.3 is 10.1 Å². The maximum Gasteiger partial charge on any atom is 0.258 e. The minimum absolute atomic E-state index is 0.110. The van der Waals surface area contributed by atoms with E-state index in [0.717, 1.165) is 10.4 Å². The number of nitrogens with zero attached hydrogens (tertiary/aromatic N) is 1. The van der Waals surface area contributed by atoms with Gasteiger partial charge in [0.25, 0.3) is 5.91 Å². The number of halogens is 1. The molecular weight excluding hydrogens is 368 g/mol. The van der Waals surface area contributed by atoms with Crippen molar-refractivity contribution in [3.63, 3.8) is 0 Å². The van der Waals surface area contributed by atoms with Crippen LogP contribution in [0.3, 0.4) is 0 Å². The molecule has 130 valence electrons. The Balaban J connectivity index is 1.67. The van der Waals surface area contributed by atoms with Gasteiger partial charge >= 0.3 is 0 Å². The van der Waals surface area contributed by atoms with Crippen LogP contribution in [-0.2, 0) is 4.79 Å². The average Bonchev–Trinajstić information content (AvgIpc) is 3.20. The van der Waals surface area contributed by atoms with Crippen molar-refractivity contribution in [3.8, 4) is 11.8 Å². The quantitative estimate of drug-likeness (QED) is 0.679. The van der Waals surface area contributed by atoms with E-state index in [1.54, 1.807) is 47.7 Å². The maximum atomic E-state index is 12.4. The number of nitrogens with one attached hydrogen (secondary N) is 1. The van der Waals surface area contributed by atoms with E-state index in [4.69, 9.17) is 21.6 Å². The lowest BCUT2D eigenvalue weighted by molar-refractivity contribution is -0.123. The summed E-state index contributed by atoms with van der Waals surface area (Å²) in [5, 5.41) is 14.4. The Kier molecular flexibility index (Phi) is 5.90. The van der Waals surface area contributed by atoms with Crippen molar-refractivity contribution in [2.45, 2.75) is 6.04 Å². The molecule has 0 saturated carbocycles. The zero-order chi connectivity index (χ0) is 18.4. The van der Waals surface area contributed by atoms with Crippen LogP contribution in [0.5, 0.6) is 5.75 Å². The third-order valence-corrected chi connectivity index (χ3v) is 4.88. The van der Waals surface area contributed by atoms with E-state index in [2.05, 4.69) is 5.32 Å². The molecule has 0 aliphatic heterocycles. The van der Waals surface area contributed by atoms with E-state index in [-0.39, 0.29) is 18.6 Å². The summed E-state index contributed by atoms with van der Waals surface area (Å²) in [7, 11) is 0. The van der Waals surface area contributed by atoms with Gasteiger partial charge in [-0.2, -0.15) is 5.26 Å². The van der Waals surface area contributed by atoms with Crippen molar-refractivity contribution >= 4 is 28.8 Å². The molecule has 1 N–H and O–H groups in total. The van der Waals surface area contributed by atoms with Crippen LogP contribution >= 0.6 is 22.9 Å². The predicted molar refractivity (Wildman–Crippen MR) is 102 cm³/mol. The normalized spacial score (nSPS) is 11.4. The summed E-state index contributed by atoms with van der Waals surface area (Å²) in [5.41, 5.74) is 1.49. The van der Waals surface area contributed by atoms with Crippen LogP contribution in [-0.4, -0.2) is 12.5 Å². The van der Waals surface area contributed by atoms with Crippen LogP contribution < -0.4 is 10.1 Å². The monoisotopic (exact) mass is 382 g/mol. The number of rotatable bonds is 6.